The molecule has 4 heteroatoms. The molecule has 1 unspecified atom stereocenters. The third kappa shape index (κ3) is 2.25. The van der Waals surface area contributed by atoms with Crippen molar-refractivity contribution in [2.45, 2.75) is 12.5 Å². The van der Waals surface area contributed by atoms with Gasteiger partial charge in [0.1, 0.15) is 11.9 Å². The zero-order chi connectivity index (χ0) is 10.7. The first-order chi connectivity index (χ1) is 7.29. The highest BCUT2D eigenvalue weighted by molar-refractivity contribution is 5.50. The van der Waals surface area contributed by atoms with Gasteiger partial charge in [-0.1, -0.05) is 0 Å². The van der Waals surface area contributed by atoms with Gasteiger partial charge in [-0.3, -0.25) is 0 Å². The van der Waals surface area contributed by atoms with Gasteiger partial charge in [0.2, 0.25) is 0 Å². The SMILES string of the molecule is N#Cc1cc(NC2CCNC2)ccc1F. The number of anilines is 1. The van der Waals surface area contributed by atoms with E-state index < -0.39 is 5.82 Å². The number of benzene rings is 1. The minimum absolute atomic E-state index is 0.0888. The molecule has 3 nitrogen and oxygen atoms in total. The Labute approximate surface area is 87.9 Å². The fraction of sp³-hybridized carbons (Fsp3) is 0.364. The lowest BCUT2D eigenvalue weighted by molar-refractivity contribution is 0.624. The Kier molecular flexibility index (Phi) is 2.84. The fourth-order valence-electron chi connectivity index (χ4n) is 1.71. The van der Waals surface area contributed by atoms with Crippen LogP contribution >= 0.6 is 0 Å². The summed E-state index contributed by atoms with van der Waals surface area (Å²) >= 11 is 0. The van der Waals surface area contributed by atoms with Crippen LogP contribution in [0.3, 0.4) is 0 Å². The summed E-state index contributed by atoms with van der Waals surface area (Å²) in [4.78, 5) is 0. The van der Waals surface area contributed by atoms with Crippen LogP contribution in [0.4, 0.5) is 10.1 Å². The molecule has 0 bridgehead atoms. The molecular weight excluding hydrogens is 193 g/mol. The van der Waals surface area contributed by atoms with E-state index in [2.05, 4.69) is 10.6 Å². The molecule has 2 rings (SSSR count). The average Bonchev–Trinajstić information content (AvgIpc) is 2.73. The molecule has 0 amide bonds. The molecule has 1 aliphatic heterocycles. The molecule has 1 fully saturated rings. The lowest BCUT2D eigenvalue weighted by Crippen LogP contribution is -2.22. The monoisotopic (exact) mass is 205 g/mol. The van der Waals surface area contributed by atoms with Crippen molar-refractivity contribution in [1.82, 2.24) is 5.32 Å². The maximum absolute atomic E-state index is 13.0. The van der Waals surface area contributed by atoms with Gasteiger partial charge in [0.15, 0.2) is 0 Å². The summed E-state index contributed by atoms with van der Waals surface area (Å²) in [6.45, 7) is 1.92. The van der Waals surface area contributed by atoms with Crippen molar-refractivity contribution in [3.8, 4) is 6.07 Å². The lowest BCUT2D eigenvalue weighted by Gasteiger charge is -2.12. The number of halogens is 1. The maximum atomic E-state index is 13.0. The van der Waals surface area contributed by atoms with E-state index in [1.165, 1.54) is 6.07 Å². The van der Waals surface area contributed by atoms with E-state index in [-0.39, 0.29) is 5.56 Å². The second-order valence-corrected chi connectivity index (χ2v) is 3.64. The van der Waals surface area contributed by atoms with Gasteiger partial charge < -0.3 is 10.6 Å². The Morgan fingerprint density at radius 1 is 1.53 bits per heavy atom. The normalized spacial score (nSPS) is 19.9. The zero-order valence-corrected chi connectivity index (χ0v) is 8.26. The van der Waals surface area contributed by atoms with Crippen molar-refractivity contribution in [2.75, 3.05) is 18.4 Å². The summed E-state index contributed by atoms with van der Waals surface area (Å²) in [5.41, 5.74) is 0.896. The van der Waals surface area contributed by atoms with Gasteiger partial charge in [-0.05, 0) is 31.2 Å². The van der Waals surface area contributed by atoms with Crippen LogP contribution in [0, 0.1) is 17.1 Å². The first-order valence-corrected chi connectivity index (χ1v) is 4.96. The summed E-state index contributed by atoms with van der Waals surface area (Å²) in [5, 5.41) is 15.2. The van der Waals surface area contributed by atoms with Crippen LogP contribution in [0.15, 0.2) is 18.2 Å². The van der Waals surface area contributed by atoms with E-state index in [9.17, 15) is 4.39 Å². The van der Waals surface area contributed by atoms with Crippen LogP contribution in [0.25, 0.3) is 0 Å². The molecule has 1 aliphatic rings. The van der Waals surface area contributed by atoms with Gasteiger partial charge in [-0.15, -0.1) is 0 Å². The smallest absolute Gasteiger partial charge is 0.141 e. The van der Waals surface area contributed by atoms with Crippen molar-refractivity contribution in [3.63, 3.8) is 0 Å². The Hall–Kier alpha value is -1.60. The van der Waals surface area contributed by atoms with Crippen LogP contribution in [0.2, 0.25) is 0 Å². The van der Waals surface area contributed by atoms with Crippen LogP contribution in [0.5, 0.6) is 0 Å². The van der Waals surface area contributed by atoms with E-state index >= 15 is 0 Å². The number of nitriles is 1. The second kappa shape index (κ2) is 4.28. The molecule has 1 atom stereocenters. The zero-order valence-electron chi connectivity index (χ0n) is 8.26. The number of hydrogen-bond acceptors (Lipinski definition) is 3. The Morgan fingerprint density at radius 3 is 3.07 bits per heavy atom. The second-order valence-electron chi connectivity index (χ2n) is 3.64. The van der Waals surface area contributed by atoms with Crippen LogP contribution in [0.1, 0.15) is 12.0 Å². The molecule has 0 spiro atoms. The van der Waals surface area contributed by atoms with E-state index in [0.29, 0.717) is 6.04 Å². The number of rotatable bonds is 2. The molecule has 1 aromatic carbocycles. The molecule has 1 aromatic rings. The Morgan fingerprint density at radius 2 is 2.40 bits per heavy atom. The quantitative estimate of drug-likeness (QED) is 0.768. The third-order valence-corrected chi connectivity index (χ3v) is 2.52. The largest absolute Gasteiger partial charge is 0.381 e. The molecule has 0 saturated carbocycles. The summed E-state index contributed by atoms with van der Waals surface area (Å²) < 4.78 is 13.0. The average molecular weight is 205 g/mol. The molecule has 0 aliphatic carbocycles. The summed E-state index contributed by atoms with van der Waals surface area (Å²) in [6.07, 6.45) is 1.05. The highest BCUT2D eigenvalue weighted by Gasteiger charge is 2.14. The summed E-state index contributed by atoms with van der Waals surface area (Å²) in [6, 6.07) is 6.74. The van der Waals surface area contributed by atoms with Crippen LogP contribution < -0.4 is 10.6 Å². The van der Waals surface area contributed by atoms with Crippen molar-refractivity contribution < 1.29 is 4.39 Å². The number of nitrogens with one attached hydrogen (secondary N) is 2. The molecular formula is C11H12FN3. The fourth-order valence-corrected chi connectivity index (χ4v) is 1.71. The first-order valence-electron chi connectivity index (χ1n) is 4.96. The van der Waals surface area contributed by atoms with Gasteiger partial charge >= 0.3 is 0 Å². The first kappa shape index (κ1) is 9.94. The van der Waals surface area contributed by atoms with Crippen molar-refractivity contribution in [3.05, 3.63) is 29.6 Å². The number of hydrogen-bond donors (Lipinski definition) is 2. The minimum Gasteiger partial charge on any atom is -0.381 e. The van der Waals surface area contributed by atoms with Crippen LogP contribution in [-0.4, -0.2) is 19.1 Å². The van der Waals surface area contributed by atoms with Gasteiger partial charge in [0.25, 0.3) is 0 Å². The molecule has 0 radical (unpaired) electrons. The summed E-state index contributed by atoms with van der Waals surface area (Å²) in [7, 11) is 0. The highest BCUT2D eigenvalue weighted by atomic mass is 19.1. The Bertz CT molecular complexity index is 391. The predicted octanol–water partition coefficient (Wildman–Crippen LogP) is 1.47. The van der Waals surface area contributed by atoms with Gasteiger partial charge in [-0.25, -0.2) is 4.39 Å². The molecule has 78 valence electrons. The third-order valence-electron chi connectivity index (χ3n) is 2.52. The van der Waals surface area contributed by atoms with E-state index in [1.807, 2.05) is 6.07 Å². The molecule has 0 aromatic heterocycles. The van der Waals surface area contributed by atoms with Gasteiger partial charge in [-0.2, -0.15) is 5.26 Å². The molecule has 15 heavy (non-hydrogen) atoms. The van der Waals surface area contributed by atoms with E-state index in [4.69, 9.17) is 5.26 Å². The standard InChI is InChI=1S/C11H12FN3/c12-11-2-1-9(5-8(11)6-13)15-10-3-4-14-7-10/h1-2,5,10,14-15H,3-4,7H2. The summed E-state index contributed by atoms with van der Waals surface area (Å²) in [5.74, 6) is -0.465. The Balaban J connectivity index is 2.11. The highest BCUT2D eigenvalue weighted by Crippen LogP contribution is 2.16. The van der Waals surface area contributed by atoms with E-state index in [0.717, 1.165) is 25.2 Å². The lowest BCUT2D eigenvalue weighted by atomic mass is 10.2. The number of nitrogens with zero attached hydrogens (tertiary/aromatic N) is 1. The molecule has 1 saturated heterocycles. The van der Waals surface area contributed by atoms with Gasteiger partial charge in [0.05, 0.1) is 5.56 Å². The van der Waals surface area contributed by atoms with Crippen molar-refractivity contribution in [2.24, 2.45) is 0 Å². The minimum atomic E-state index is -0.465. The maximum Gasteiger partial charge on any atom is 0.141 e. The topological polar surface area (TPSA) is 47.9 Å². The molecule has 1 heterocycles. The van der Waals surface area contributed by atoms with Gasteiger partial charge in [0, 0.05) is 18.3 Å². The predicted molar refractivity (Wildman–Crippen MR) is 56.0 cm³/mol. The van der Waals surface area contributed by atoms with Crippen LogP contribution in [-0.2, 0) is 0 Å². The molecule has 2 N–H and O–H groups in total. The van der Waals surface area contributed by atoms with Crippen molar-refractivity contribution in [1.29, 1.82) is 5.26 Å². The van der Waals surface area contributed by atoms with E-state index in [1.54, 1.807) is 12.1 Å². The van der Waals surface area contributed by atoms with Crippen molar-refractivity contribution >= 4 is 5.69 Å².